The van der Waals surface area contributed by atoms with E-state index in [4.69, 9.17) is 37.7 Å². The molecule has 2 aromatic heterocycles. The lowest BCUT2D eigenvalue weighted by Crippen LogP contribution is -2.33. The van der Waals surface area contributed by atoms with Gasteiger partial charge in [-0.05, 0) is 11.6 Å². The largest absolute Gasteiger partial charge is 0.469 e. The van der Waals surface area contributed by atoms with Crippen molar-refractivity contribution in [1.29, 1.82) is 0 Å². The van der Waals surface area contributed by atoms with Crippen LogP contribution in [0.3, 0.4) is 0 Å². The maximum atomic E-state index is 10.9. The molecular weight excluding hydrogens is 488 g/mol. The summed E-state index contributed by atoms with van der Waals surface area (Å²) in [5.74, 6) is 0.388. The molecule has 172 valence electrons. The number of hydrogen-bond acceptors (Lipinski definition) is 9. The topological polar surface area (TPSA) is 172 Å². The highest BCUT2D eigenvalue weighted by atomic mass is 35.5. The van der Waals surface area contributed by atoms with Gasteiger partial charge in [0.05, 0.1) is 23.0 Å². The van der Waals surface area contributed by atoms with Crippen LogP contribution in [0.4, 0.5) is 5.82 Å². The van der Waals surface area contributed by atoms with Crippen molar-refractivity contribution in [3.63, 3.8) is 0 Å². The number of rotatable bonds is 7. The molecule has 1 aliphatic rings. The lowest BCUT2D eigenvalue weighted by atomic mass is 10.1. The summed E-state index contributed by atoms with van der Waals surface area (Å²) in [4.78, 5) is 30.3. The van der Waals surface area contributed by atoms with E-state index in [-0.39, 0.29) is 0 Å². The van der Waals surface area contributed by atoms with Gasteiger partial charge in [0.15, 0.2) is 23.2 Å². The Labute approximate surface area is 191 Å². The van der Waals surface area contributed by atoms with Crippen molar-refractivity contribution in [2.24, 2.45) is 0 Å². The van der Waals surface area contributed by atoms with Crippen LogP contribution in [0.15, 0.2) is 30.9 Å². The molecule has 32 heavy (non-hydrogen) atoms. The van der Waals surface area contributed by atoms with Crippen LogP contribution in [0, 0.1) is 0 Å². The van der Waals surface area contributed by atoms with Crippen LogP contribution in [-0.4, -0.2) is 64.4 Å². The zero-order valence-electron chi connectivity index (χ0n) is 16.1. The van der Waals surface area contributed by atoms with Crippen molar-refractivity contribution < 1.29 is 33.8 Å². The smallest absolute Gasteiger partial charge is 0.387 e. The molecule has 4 rings (SSSR count). The van der Waals surface area contributed by atoms with Gasteiger partial charge in [0.1, 0.15) is 24.6 Å². The number of aromatic nitrogens is 4. The van der Waals surface area contributed by atoms with Gasteiger partial charge in [-0.3, -0.25) is 9.09 Å². The number of imidazole rings is 1. The first-order valence-electron chi connectivity index (χ1n) is 9.21. The molecule has 1 saturated heterocycles. The summed E-state index contributed by atoms with van der Waals surface area (Å²) in [7, 11) is -4.77. The molecule has 1 aliphatic heterocycles. The van der Waals surface area contributed by atoms with Gasteiger partial charge in [0, 0.05) is 6.54 Å². The first kappa shape index (κ1) is 23.3. The molecule has 0 unspecified atom stereocenters. The van der Waals surface area contributed by atoms with E-state index in [0.717, 1.165) is 5.56 Å². The van der Waals surface area contributed by atoms with Gasteiger partial charge in [-0.1, -0.05) is 35.3 Å². The first-order chi connectivity index (χ1) is 15.2. The second kappa shape index (κ2) is 9.18. The Hall–Kier alpha value is -1.86. The number of halogens is 2. The maximum absolute atomic E-state index is 10.9. The molecule has 5 N–H and O–H groups in total. The lowest BCUT2D eigenvalue weighted by molar-refractivity contribution is -0.0504. The molecule has 1 fully saturated rings. The maximum Gasteiger partial charge on any atom is 0.469 e. The summed E-state index contributed by atoms with van der Waals surface area (Å²) in [6.07, 6.45) is -2.53. The Balaban J connectivity index is 1.55. The number of fused-ring (bicyclic) bond motifs is 1. The van der Waals surface area contributed by atoms with Crippen molar-refractivity contribution in [2.75, 3.05) is 11.9 Å². The summed E-state index contributed by atoms with van der Waals surface area (Å²) < 4.78 is 22.3. The Morgan fingerprint density at radius 3 is 2.72 bits per heavy atom. The van der Waals surface area contributed by atoms with E-state index in [1.54, 1.807) is 12.1 Å². The van der Waals surface area contributed by atoms with E-state index in [9.17, 15) is 14.8 Å². The van der Waals surface area contributed by atoms with Gasteiger partial charge in [-0.2, -0.15) is 0 Å². The number of hydrogen-bond donors (Lipinski definition) is 5. The fraction of sp³-hybridized carbons (Fsp3) is 0.353. The Bertz CT molecular complexity index is 1180. The van der Waals surface area contributed by atoms with E-state index < -0.39 is 39.0 Å². The number of phosphoric ester groups is 1. The molecule has 0 amide bonds. The summed E-state index contributed by atoms with van der Waals surface area (Å²) >= 11 is 12.3. The lowest BCUT2D eigenvalue weighted by Gasteiger charge is -2.16. The quantitative estimate of drug-likeness (QED) is 0.294. The standard InChI is InChI=1S/C17H18Cl2N5O7P/c18-9-3-1-2-8(11(9)19)4-20-15-12-16(22-6-21-15)24(7-23-12)17-14(26)13(25)10(31-17)5-30-32(27,28)29/h1-3,6-7,10,13-14,17,25-26H,4-5H2,(H,20,21,22)(H2,27,28,29)/t10-,13-,14-,17-/m1/s1. The van der Waals surface area contributed by atoms with Crippen molar-refractivity contribution in [2.45, 2.75) is 31.1 Å². The second-order valence-corrected chi connectivity index (χ2v) is 8.97. The fourth-order valence-electron chi connectivity index (χ4n) is 3.30. The number of aliphatic hydroxyl groups is 2. The zero-order chi connectivity index (χ0) is 23.0. The number of aliphatic hydroxyl groups excluding tert-OH is 2. The highest BCUT2D eigenvalue weighted by Gasteiger charge is 2.45. The van der Waals surface area contributed by atoms with Crippen molar-refractivity contribution in [1.82, 2.24) is 19.5 Å². The summed E-state index contributed by atoms with van der Waals surface area (Å²) in [6.45, 7) is -0.310. The minimum Gasteiger partial charge on any atom is -0.387 e. The summed E-state index contributed by atoms with van der Waals surface area (Å²) in [6, 6.07) is 5.26. The minimum atomic E-state index is -4.77. The molecule has 15 heteroatoms. The predicted molar refractivity (Wildman–Crippen MR) is 113 cm³/mol. The number of benzene rings is 1. The monoisotopic (exact) mass is 505 g/mol. The van der Waals surface area contributed by atoms with Crippen LogP contribution in [0.5, 0.6) is 0 Å². The third-order valence-electron chi connectivity index (χ3n) is 4.85. The van der Waals surface area contributed by atoms with Gasteiger partial charge in [-0.15, -0.1) is 0 Å². The highest BCUT2D eigenvalue weighted by molar-refractivity contribution is 7.46. The Morgan fingerprint density at radius 1 is 1.19 bits per heavy atom. The summed E-state index contributed by atoms with van der Waals surface area (Å²) in [5, 5.41) is 24.6. The van der Waals surface area contributed by atoms with Crippen molar-refractivity contribution in [3.8, 4) is 0 Å². The van der Waals surface area contributed by atoms with Gasteiger partial charge in [0.2, 0.25) is 0 Å². The fourth-order valence-corrected chi connectivity index (χ4v) is 4.03. The van der Waals surface area contributed by atoms with Gasteiger partial charge < -0.3 is 30.1 Å². The van der Waals surface area contributed by atoms with Gasteiger partial charge >= 0.3 is 7.82 Å². The predicted octanol–water partition coefficient (Wildman–Crippen LogP) is 1.47. The van der Waals surface area contributed by atoms with Gasteiger partial charge in [0.25, 0.3) is 0 Å². The Kier molecular flexibility index (Phi) is 6.68. The highest BCUT2D eigenvalue weighted by Crippen LogP contribution is 2.39. The molecular formula is C17H18Cl2N5O7P. The number of ether oxygens (including phenoxy) is 1. The Morgan fingerprint density at radius 2 is 1.97 bits per heavy atom. The van der Waals surface area contributed by atoms with Crippen LogP contribution >= 0.6 is 31.0 Å². The first-order valence-corrected chi connectivity index (χ1v) is 11.5. The van der Waals surface area contributed by atoms with Crippen LogP contribution < -0.4 is 5.32 Å². The molecule has 0 aliphatic carbocycles. The average molecular weight is 506 g/mol. The van der Waals surface area contributed by atoms with E-state index >= 15 is 0 Å². The third-order valence-corrected chi connectivity index (χ3v) is 6.20. The summed E-state index contributed by atoms with van der Waals surface area (Å²) in [5.41, 5.74) is 1.41. The molecule has 1 aromatic carbocycles. The second-order valence-electron chi connectivity index (χ2n) is 6.95. The van der Waals surface area contributed by atoms with E-state index in [1.165, 1.54) is 17.2 Å². The van der Waals surface area contributed by atoms with Crippen LogP contribution in [0.2, 0.25) is 10.0 Å². The molecule has 0 radical (unpaired) electrons. The van der Waals surface area contributed by atoms with E-state index in [0.29, 0.717) is 33.6 Å². The number of anilines is 1. The third kappa shape index (κ3) is 4.74. The van der Waals surface area contributed by atoms with E-state index in [2.05, 4.69) is 24.8 Å². The molecule has 3 aromatic rings. The van der Waals surface area contributed by atoms with Crippen LogP contribution in [0.25, 0.3) is 11.2 Å². The minimum absolute atomic E-state index is 0.299. The van der Waals surface area contributed by atoms with Crippen molar-refractivity contribution >= 4 is 48.0 Å². The number of phosphoric acid groups is 1. The van der Waals surface area contributed by atoms with Crippen molar-refractivity contribution in [3.05, 3.63) is 46.5 Å². The number of nitrogens with zero attached hydrogens (tertiary/aromatic N) is 4. The van der Waals surface area contributed by atoms with Gasteiger partial charge in [-0.25, -0.2) is 19.5 Å². The molecule has 0 bridgehead atoms. The number of nitrogens with one attached hydrogen (secondary N) is 1. The molecule has 3 heterocycles. The molecule has 12 nitrogen and oxygen atoms in total. The normalized spacial score (nSPS) is 23.7. The SMILES string of the molecule is O=P(O)(O)OC[C@H]1O[C@@H](n2cnc3c(NCc4cccc(Cl)c4Cl)ncnc32)[C@H](O)[C@@H]1O. The molecule has 0 saturated carbocycles. The van der Waals surface area contributed by atoms with Crippen LogP contribution in [-0.2, 0) is 20.4 Å². The molecule has 0 spiro atoms. The zero-order valence-corrected chi connectivity index (χ0v) is 18.5. The van der Waals surface area contributed by atoms with E-state index in [1.807, 2.05) is 6.07 Å². The van der Waals surface area contributed by atoms with Crippen LogP contribution in [0.1, 0.15) is 11.8 Å². The molecule has 4 atom stereocenters. The average Bonchev–Trinajstić information content (AvgIpc) is 3.29.